The van der Waals surface area contributed by atoms with E-state index < -0.39 is 22.9 Å². The van der Waals surface area contributed by atoms with E-state index in [1.54, 1.807) is 19.1 Å². The third-order valence-corrected chi connectivity index (χ3v) is 3.97. The van der Waals surface area contributed by atoms with Crippen LogP contribution >= 0.6 is 0 Å². The molecule has 0 bridgehead atoms. The molecule has 2 aromatic rings. The second-order valence-electron chi connectivity index (χ2n) is 5.96. The topological polar surface area (TPSA) is 108 Å². The van der Waals surface area contributed by atoms with Crippen molar-refractivity contribution in [2.45, 2.75) is 33.3 Å². The van der Waals surface area contributed by atoms with E-state index in [9.17, 15) is 19.7 Å². The minimum atomic E-state index is -1.08. The predicted molar refractivity (Wildman–Crippen MR) is 104 cm³/mol. The van der Waals surface area contributed by atoms with Crippen LogP contribution in [0.3, 0.4) is 0 Å². The van der Waals surface area contributed by atoms with Crippen LogP contribution in [-0.2, 0) is 16.0 Å². The van der Waals surface area contributed by atoms with Gasteiger partial charge in [0.2, 0.25) is 0 Å². The Morgan fingerprint density at radius 1 is 1.14 bits per heavy atom. The number of carbonyl (C=O) groups is 2. The molecule has 0 fully saturated rings. The van der Waals surface area contributed by atoms with E-state index >= 15 is 0 Å². The van der Waals surface area contributed by atoms with Crippen LogP contribution in [0.1, 0.15) is 36.7 Å². The lowest BCUT2D eigenvalue weighted by molar-refractivity contribution is -0.385. The first-order chi connectivity index (χ1) is 13.3. The van der Waals surface area contributed by atoms with Crippen molar-refractivity contribution >= 4 is 23.3 Å². The van der Waals surface area contributed by atoms with Gasteiger partial charge < -0.3 is 14.8 Å². The van der Waals surface area contributed by atoms with Crippen LogP contribution in [-0.4, -0.2) is 29.5 Å². The molecule has 0 saturated carbocycles. The second kappa shape index (κ2) is 9.50. The maximum atomic E-state index is 12.3. The van der Waals surface area contributed by atoms with Crippen molar-refractivity contribution in [3.05, 3.63) is 63.7 Å². The number of amides is 1. The highest BCUT2D eigenvalue weighted by atomic mass is 16.6. The standard InChI is InChI=1S/C20H22N2O6/c1-4-14-6-9-16(10-7-14)21-19(23)13(3)28-20(24)15-8-11-18(27-5-2)17(12-15)22(25)26/h6-13H,4-5H2,1-3H3,(H,21,23). The van der Waals surface area contributed by atoms with Crippen molar-refractivity contribution in [1.82, 2.24) is 0 Å². The van der Waals surface area contributed by atoms with Crippen LogP contribution in [0.25, 0.3) is 0 Å². The molecule has 148 valence electrons. The number of nitro benzene ring substituents is 1. The Balaban J connectivity index is 2.05. The zero-order valence-corrected chi connectivity index (χ0v) is 15.9. The van der Waals surface area contributed by atoms with Gasteiger partial charge in [0.05, 0.1) is 17.1 Å². The Morgan fingerprint density at radius 2 is 1.82 bits per heavy atom. The summed E-state index contributed by atoms with van der Waals surface area (Å²) in [6.07, 6.45) is -0.194. The van der Waals surface area contributed by atoms with Crippen LogP contribution in [0, 0.1) is 10.1 Å². The van der Waals surface area contributed by atoms with E-state index in [0.717, 1.165) is 18.1 Å². The van der Waals surface area contributed by atoms with Gasteiger partial charge in [-0.05, 0) is 50.1 Å². The summed E-state index contributed by atoms with van der Waals surface area (Å²) in [6.45, 7) is 5.40. The van der Waals surface area contributed by atoms with Crippen molar-refractivity contribution in [1.29, 1.82) is 0 Å². The van der Waals surface area contributed by atoms with Crippen molar-refractivity contribution in [3.8, 4) is 5.75 Å². The van der Waals surface area contributed by atoms with Crippen molar-refractivity contribution in [2.75, 3.05) is 11.9 Å². The van der Waals surface area contributed by atoms with Gasteiger partial charge in [-0.15, -0.1) is 0 Å². The van der Waals surface area contributed by atoms with Crippen molar-refractivity contribution in [3.63, 3.8) is 0 Å². The number of hydrogen-bond acceptors (Lipinski definition) is 6. The molecule has 1 atom stereocenters. The predicted octanol–water partition coefficient (Wildman–Crippen LogP) is 3.74. The number of rotatable bonds is 8. The molecule has 0 spiro atoms. The average Bonchev–Trinajstić information content (AvgIpc) is 2.68. The third kappa shape index (κ3) is 5.29. The molecule has 0 saturated heterocycles. The van der Waals surface area contributed by atoms with Gasteiger partial charge in [-0.3, -0.25) is 14.9 Å². The van der Waals surface area contributed by atoms with Gasteiger partial charge in [-0.25, -0.2) is 4.79 Å². The molecule has 0 aliphatic carbocycles. The highest BCUT2D eigenvalue weighted by molar-refractivity contribution is 5.97. The lowest BCUT2D eigenvalue weighted by atomic mass is 10.1. The summed E-state index contributed by atoms with van der Waals surface area (Å²) in [7, 11) is 0. The van der Waals surface area contributed by atoms with E-state index in [0.29, 0.717) is 5.69 Å². The highest BCUT2D eigenvalue weighted by Crippen LogP contribution is 2.28. The van der Waals surface area contributed by atoms with E-state index in [1.165, 1.54) is 19.1 Å². The molecule has 8 heteroatoms. The Morgan fingerprint density at radius 3 is 2.39 bits per heavy atom. The smallest absolute Gasteiger partial charge is 0.339 e. The lowest BCUT2D eigenvalue weighted by Crippen LogP contribution is -2.30. The Kier molecular flexibility index (Phi) is 7.08. The SMILES string of the molecule is CCOc1ccc(C(=O)OC(C)C(=O)Nc2ccc(CC)cc2)cc1[N+](=O)[O-]. The van der Waals surface area contributed by atoms with Crippen LogP contribution in [0.5, 0.6) is 5.75 Å². The van der Waals surface area contributed by atoms with Gasteiger partial charge in [-0.1, -0.05) is 19.1 Å². The summed E-state index contributed by atoms with van der Waals surface area (Å²) in [5.74, 6) is -1.28. The van der Waals surface area contributed by atoms with Gasteiger partial charge in [0.1, 0.15) is 0 Å². The number of carbonyl (C=O) groups excluding carboxylic acids is 2. The Labute approximate surface area is 162 Å². The number of benzene rings is 2. The fourth-order valence-corrected chi connectivity index (χ4v) is 2.41. The van der Waals surface area contributed by atoms with Crippen LogP contribution in [0.4, 0.5) is 11.4 Å². The number of nitrogens with one attached hydrogen (secondary N) is 1. The summed E-state index contributed by atoms with van der Waals surface area (Å²) in [6, 6.07) is 11.1. The largest absolute Gasteiger partial charge is 0.487 e. The second-order valence-corrected chi connectivity index (χ2v) is 5.96. The van der Waals surface area contributed by atoms with Gasteiger partial charge in [-0.2, -0.15) is 0 Å². The van der Waals surface area contributed by atoms with Crippen molar-refractivity contribution < 1.29 is 24.0 Å². The van der Waals surface area contributed by atoms with Gasteiger partial charge >= 0.3 is 11.7 Å². The summed E-state index contributed by atoms with van der Waals surface area (Å²) in [4.78, 5) is 35.0. The van der Waals surface area contributed by atoms with Gasteiger partial charge in [0.25, 0.3) is 5.91 Å². The first kappa shape index (κ1) is 20.9. The summed E-state index contributed by atoms with van der Waals surface area (Å²) in [5, 5.41) is 13.8. The molecule has 1 amide bonds. The molecule has 0 aliphatic heterocycles. The third-order valence-electron chi connectivity index (χ3n) is 3.97. The molecule has 0 radical (unpaired) electrons. The first-order valence-electron chi connectivity index (χ1n) is 8.87. The number of aryl methyl sites for hydroxylation is 1. The normalized spacial score (nSPS) is 11.4. The minimum absolute atomic E-state index is 0.0397. The average molecular weight is 386 g/mol. The number of esters is 1. The summed E-state index contributed by atoms with van der Waals surface area (Å²) >= 11 is 0. The zero-order chi connectivity index (χ0) is 20.7. The molecule has 0 aromatic heterocycles. The summed E-state index contributed by atoms with van der Waals surface area (Å²) in [5.41, 5.74) is 1.34. The van der Waals surface area contributed by atoms with Crippen molar-refractivity contribution in [2.24, 2.45) is 0 Å². The molecule has 2 aromatic carbocycles. The minimum Gasteiger partial charge on any atom is -0.487 e. The van der Waals surface area contributed by atoms with Gasteiger partial charge in [0.15, 0.2) is 11.9 Å². The number of ether oxygens (including phenoxy) is 2. The van der Waals surface area contributed by atoms with Crippen LogP contribution < -0.4 is 10.1 Å². The molecule has 0 aliphatic rings. The number of hydrogen-bond donors (Lipinski definition) is 1. The molecule has 1 N–H and O–H groups in total. The molecule has 2 rings (SSSR count). The lowest BCUT2D eigenvalue weighted by Gasteiger charge is -2.14. The fourth-order valence-electron chi connectivity index (χ4n) is 2.41. The molecule has 1 unspecified atom stereocenters. The van der Waals surface area contributed by atoms with Crippen LogP contribution in [0.15, 0.2) is 42.5 Å². The van der Waals surface area contributed by atoms with E-state index in [2.05, 4.69) is 5.32 Å². The maximum absolute atomic E-state index is 12.3. The molecule has 0 heterocycles. The van der Waals surface area contributed by atoms with E-state index in [1.807, 2.05) is 19.1 Å². The quantitative estimate of drug-likeness (QED) is 0.421. The highest BCUT2D eigenvalue weighted by Gasteiger charge is 2.23. The Hall–Kier alpha value is -3.42. The maximum Gasteiger partial charge on any atom is 0.339 e. The molecular formula is C20H22N2O6. The number of nitrogens with zero attached hydrogens (tertiary/aromatic N) is 1. The Bertz CT molecular complexity index is 863. The van der Waals surface area contributed by atoms with E-state index in [4.69, 9.17) is 9.47 Å². The molecular weight excluding hydrogens is 364 g/mol. The monoisotopic (exact) mass is 386 g/mol. The van der Waals surface area contributed by atoms with Crippen LogP contribution in [0.2, 0.25) is 0 Å². The fraction of sp³-hybridized carbons (Fsp3) is 0.300. The summed E-state index contributed by atoms with van der Waals surface area (Å²) < 4.78 is 10.3. The first-order valence-corrected chi connectivity index (χ1v) is 8.87. The number of nitro groups is 1. The van der Waals surface area contributed by atoms with E-state index in [-0.39, 0.29) is 23.6 Å². The molecule has 28 heavy (non-hydrogen) atoms. The zero-order valence-electron chi connectivity index (χ0n) is 15.9. The number of anilines is 1. The molecule has 8 nitrogen and oxygen atoms in total. The van der Waals surface area contributed by atoms with Gasteiger partial charge in [0, 0.05) is 11.8 Å².